The first-order valence-electron chi connectivity index (χ1n) is 5.47. The number of nitrogens with one attached hydrogen (secondary N) is 1. The zero-order valence-electron chi connectivity index (χ0n) is 10.3. The SMILES string of the molecule is CNc1ccc([N+](=O)[O-])c(Oc2ccc(Br)c(F)c2)n1. The summed E-state index contributed by atoms with van der Waals surface area (Å²) >= 11 is 3.01. The van der Waals surface area contributed by atoms with Gasteiger partial charge in [0.2, 0.25) is 0 Å². The van der Waals surface area contributed by atoms with Gasteiger partial charge >= 0.3 is 11.6 Å². The Labute approximate surface area is 121 Å². The number of anilines is 1. The summed E-state index contributed by atoms with van der Waals surface area (Å²) in [5, 5.41) is 13.7. The number of halogens is 2. The van der Waals surface area contributed by atoms with Crippen LogP contribution in [0.2, 0.25) is 0 Å². The van der Waals surface area contributed by atoms with Crippen molar-refractivity contribution in [2.75, 3.05) is 12.4 Å². The summed E-state index contributed by atoms with van der Waals surface area (Å²) in [6, 6.07) is 6.75. The van der Waals surface area contributed by atoms with Crippen LogP contribution in [0.1, 0.15) is 0 Å². The lowest BCUT2D eigenvalue weighted by Gasteiger charge is -2.07. The molecule has 0 aliphatic rings. The molecule has 0 radical (unpaired) electrons. The van der Waals surface area contributed by atoms with Gasteiger partial charge in [-0.3, -0.25) is 10.1 Å². The molecule has 0 atom stereocenters. The first-order chi connectivity index (χ1) is 9.51. The van der Waals surface area contributed by atoms with E-state index in [-0.39, 0.29) is 21.8 Å². The molecule has 2 rings (SSSR count). The van der Waals surface area contributed by atoms with Crippen LogP contribution in [-0.4, -0.2) is 17.0 Å². The van der Waals surface area contributed by atoms with E-state index in [0.717, 1.165) is 6.07 Å². The van der Waals surface area contributed by atoms with Crippen LogP contribution in [0.25, 0.3) is 0 Å². The van der Waals surface area contributed by atoms with Gasteiger partial charge in [0.15, 0.2) is 0 Å². The van der Waals surface area contributed by atoms with Gasteiger partial charge in [0.25, 0.3) is 0 Å². The number of rotatable bonds is 4. The molecular weight excluding hydrogens is 333 g/mol. The highest BCUT2D eigenvalue weighted by Crippen LogP contribution is 2.31. The molecule has 2 aromatic rings. The molecule has 8 heteroatoms. The molecule has 0 aliphatic heterocycles. The van der Waals surface area contributed by atoms with Crippen LogP contribution >= 0.6 is 15.9 Å². The van der Waals surface area contributed by atoms with Crippen LogP contribution in [0, 0.1) is 15.9 Å². The van der Waals surface area contributed by atoms with Crippen molar-refractivity contribution in [3.05, 3.63) is 50.7 Å². The van der Waals surface area contributed by atoms with Crippen LogP contribution in [0.3, 0.4) is 0 Å². The third-order valence-corrected chi connectivity index (χ3v) is 3.04. The summed E-state index contributed by atoms with van der Waals surface area (Å²) in [7, 11) is 1.62. The minimum Gasteiger partial charge on any atom is -0.434 e. The monoisotopic (exact) mass is 341 g/mol. The second-order valence-corrected chi connectivity index (χ2v) is 4.56. The molecule has 6 nitrogen and oxygen atoms in total. The number of hydrogen-bond donors (Lipinski definition) is 1. The van der Waals surface area contributed by atoms with Gasteiger partial charge < -0.3 is 10.1 Å². The molecule has 0 unspecified atom stereocenters. The topological polar surface area (TPSA) is 77.3 Å². The number of aromatic nitrogens is 1. The smallest absolute Gasteiger partial charge is 0.331 e. The summed E-state index contributed by atoms with van der Waals surface area (Å²) in [4.78, 5) is 14.3. The highest BCUT2D eigenvalue weighted by molar-refractivity contribution is 9.10. The van der Waals surface area contributed by atoms with Crippen molar-refractivity contribution in [2.45, 2.75) is 0 Å². The minimum atomic E-state index is -0.614. The van der Waals surface area contributed by atoms with Gasteiger partial charge in [-0.05, 0) is 34.1 Å². The Bertz CT molecular complexity index is 666. The molecule has 1 aromatic carbocycles. The Hall–Kier alpha value is -2.22. The highest BCUT2D eigenvalue weighted by Gasteiger charge is 2.18. The molecule has 104 valence electrons. The zero-order chi connectivity index (χ0) is 14.7. The van der Waals surface area contributed by atoms with Crippen LogP contribution in [0.5, 0.6) is 11.6 Å². The second-order valence-electron chi connectivity index (χ2n) is 3.71. The molecule has 20 heavy (non-hydrogen) atoms. The maximum absolute atomic E-state index is 13.4. The van der Waals surface area contributed by atoms with Crippen molar-refractivity contribution in [1.82, 2.24) is 4.98 Å². The van der Waals surface area contributed by atoms with E-state index >= 15 is 0 Å². The van der Waals surface area contributed by atoms with Gasteiger partial charge in [-0.25, -0.2) is 4.39 Å². The van der Waals surface area contributed by atoms with Gasteiger partial charge in [-0.2, -0.15) is 4.98 Å². The van der Waals surface area contributed by atoms with Gasteiger partial charge in [0, 0.05) is 19.2 Å². The lowest BCUT2D eigenvalue weighted by atomic mass is 10.3. The molecule has 1 heterocycles. The van der Waals surface area contributed by atoms with Crippen LogP contribution < -0.4 is 10.1 Å². The maximum atomic E-state index is 13.4. The Morgan fingerprint density at radius 3 is 2.75 bits per heavy atom. The largest absolute Gasteiger partial charge is 0.434 e. The zero-order valence-corrected chi connectivity index (χ0v) is 11.8. The summed E-state index contributed by atoms with van der Waals surface area (Å²) < 4.78 is 19.0. The maximum Gasteiger partial charge on any atom is 0.331 e. The quantitative estimate of drug-likeness (QED) is 0.677. The van der Waals surface area contributed by atoms with E-state index in [1.165, 1.54) is 24.3 Å². The lowest BCUT2D eigenvalue weighted by Crippen LogP contribution is -1.99. The average molecular weight is 342 g/mol. The number of ether oxygens (including phenoxy) is 1. The molecule has 0 aliphatic carbocycles. The average Bonchev–Trinajstić information content (AvgIpc) is 2.42. The molecule has 0 fully saturated rings. The normalized spacial score (nSPS) is 10.2. The predicted molar refractivity (Wildman–Crippen MR) is 74.6 cm³/mol. The van der Waals surface area contributed by atoms with Gasteiger partial charge in [0.05, 0.1) is 9.40 Å². The summed E-state index contributed by atoms with van der Waals surface area (Å²) in [5.41, 5.74) is -0.299. The summed E-state index contributed by atoms with van der Waals surface area (Å²) in [6.07, 6.45) is 0. The van der Waals surface area contributed by atoms with Crippen molar-refractivity contribution in [3.63, 3.8) is 0 Å². The first-order valence-corrected chi connectivity index (χ1v) is 6.26. The fraction of sp³-hybridized carbons (Fsp3) is 0.0833. The molecule has 1 N–H and O–H groups in total. The van der Waals surface area contributed by atoms with E-state index in [1.807, 2.05) is 0 Å². The van der Waals surface area contributed by atoms with Gasteiger partial charge in [0.1, 0.15) is 17.4 Å². The number of nitro groups is 1. The van der Waals surface area contributed by atoms with E-state index in [9.17, 15) is 14.5 Å². The van der Waals surface area contributed by atoms with Crippen molar-refractivity contribution in [2.24, 2.45) is 0 Å². The van der Waals surface area contributed by atoms with E-state index in [4.69, 9.17) is 4.74 Å². The second kappa shape index (κ2) is 5.83. The molecule has 1 aromatic heterocycles. The lowest BCUT2D eigenvalue weighted by molar-refractivity contribution is -0.386. The molecule has 0 saturated heterocycles. The van der Waals surface area contributed by atoms with E-state index < -0.39 is 10.7 Å². The van der Waals surface area contributed by atoms with Crippen LogP contribution in [-0.2, 0) is 0 Å². The molecule has 0 amide bonds. The first kappa shape index (κ1) is 14.2. The minimum absolute atomic E-state index is 0.120. The van der Waals surface area contributed by atoms with Crippen molar-refractivity contribution in [3.8, 4) is 11.6 Å². The third kappa shape index (κ3) is 3.02. The molecule has 0 bridgehead atoms. The predicted octanol–water partition coefficient (Wildman–Crippen LogP) is 3.73. The Morgan fingerprint density at radius 2 is 2.15 bits per heavy atom. The molecule has 0 saturated carbocycles. The van der Waals surface area contributed by atoms with E-state index in [1.54, 1.807) is 7.05 Å². The van der Waals surface area contributed by atoms with Crippen LogP contribution in [0.15, 0.2) is 34.8 Å². The third-order valence-electron chi connectivity index (χ3n) is 2.40. The fourth-order valence-corrected chi connectivity index (χ4v) is 1.68. The van der Waals surface area contributed by atoms with Crippen molar-refractivity contribution < 1.29 is 14.1 Å². The van der Waals surface area contributed by atoms with E-state index in [0.29, 0.717) is 5.82 Å². The van der Waals surface area contributed by atoms with Gasteiger partial charge in [-0.1, -0.05) is 0 Å². The van der Waals surface area contributed by atoms with Crippen molar-refractivity contribution >= 4 is 27.4 Å². The Balaban J connectivity index is 2.40. The highest BCUT2D eigenvalue weighted by atomic mass is 79.9. The molecule has 0 spiro atoms. The van der Waals surface area contributed by atoms with Crippen molar-refractivity contribution in [1.29, 1.82) is 0 Å². The fourth-order valence-electron chi connectivity index (χ4n) is 1.44. The van der Waals surface area contributed by atoms with E-state index in [2.05, 4.69) is 26.2 Å². The standard InChI is InChI=1S/C12H9BrFN3O3/c1-15-11-5-4-10(17(18)19)12(16-11)20-7-2-3-8(13)9(14)6-7/h2-6H,1H3,(H,15,16). The number of benzene rings is 1. The van der Waals surface area contributed by atoms with Gasteiger partial charge in [-0.15, -0.1) is 0 Å². The summed E-state index contributed by atoms with van der Waals surface area (Å²) in [5.74, 6) is -0.212. The summed E-state index contributed by atoms with van der Waals surface area (Å²) in [6.45, 7) is 0. The number of hydrogen-bond acceptors (Lipinski definition) is 5. The molecular formula is C12H9BrFN3O3. The van der Waals surface area contributed by atoms with Crippen LogP contribution in [0.4, 0.5) is 15.9 Å². The Kier molecular flexibility index (Phi) is 4.14. The Morgan fingerprint density at radius 1 is 1.40 bits per heavy atom. The number of nitrogens with zero attached hydrogens (tertiary/aromatic N) is 2. The number of pyridine rings is 1.